The van der Waals surface area contributed by atoms with Gasteiger partial charge in [-0.2, -0.15) is 0 Å². The molecule has 39 heavy (non-hydrogen) atoms. The summed E-state index contributed by atoms with van der Waals surface area (Å²) in [6.45, 7) is 8.01. The third-order valence-electron chi connectivity index (χ3n) is 7.69. The normalized spacial score (nSPS) is 16.2. The second-order valence-corrected chi connectivity index (χ2v) is 10.2. The topological polar surface area (TPSA) is 74.3 Å². The highest BCUT2D eigenvalue weighted by Gasteiger charge is 2.33. The third-order valence-corrected chi connectivity index (χ3v) is 7.69. The number of hydrogen-bond donors (Lipinski definition) is 0. The van der Waals surface area contributed by atoms with E-state index < -0.39 is 0 Å². The molecule has 0 aromatic heterocycles. The van der Waals surface area contributed by atoms with E-state index in [1.54, 1.807) is 0 Å². The fourth-order valence-corrected chi connectivity index (χ4v) is 5.16. The Balaban J connectivity index is 1.41. The van der Waals surface area contributed by atoms with Crippen LogP contribution in [0.5, 0.6) is 17.2 Å². The van der Waals surface area contributed by atoms with Crippen LogP contribution in [-0.2, 0) is 20.9 Å². The summed E-state index contributed by atoms with van der Waals surface area (Å²) in [5.41, 5.74) is 6.33. The van der Waals surface area contributed by atoms with Crippen LogP contribution in [0.15, 0.2) is 54.6 Å². The molecule has 3 aromatic carbocycles. The molecule has 2 aliphatic rings. The van der Waals surface area contributed by atoms with E-state index in [1.165, 1.54) is 7.11 Å². The van der Waals surface area contributed by atoms with E-state index in [0.29, 0.717) is 38.5 Å². The first kappa shape index (κ1) is 26.6. The standard InChI is InChI=1S/C32H35NO6/c1-5-30(34)33-16-25(17-33)39-32-27(22-9-7-6-8-10-22)13-20(2)21(3)28(32)19-37-24-11-12-26-23(14-31(35)36-4)18-38-29(26)15-24/h6-13,15,23,25H,5,14,16-19H2,1-4H3/t23-/m1/s1. The van der Waals surface area contributed by atoms with Crippen molar-refractivity contribution in [1.82, 2.24) is 4.90 Å². The number of esters is 1. The molecule has 2 aliphatic heterocycles. The molecule has 204 valence electrons. The molecule has 0 saturated carbocycles. The zero-order valence-corrected chi connectivity index (χ0v) is 23.0. The molecular weight excluding hydrogens is 494 g/mol. The van der Waals surface area contributed by atoms with Crippen molar-refractivity contribution in [1.29, 1.82) is 0 Å². The van der Waals surface area contributed by atoms with Crippen molar-refractivity contribution in [2.45, 2.75) is 52.2 Å². The van der Waals surface area contributed by atoms with Gasteiger partial charge in [-0.05, 0) is 42.7 Å². The number of ether oxygens (including phenoxy) is 4. The van der Waals surface area contributed by atoms with Crippen LogP contribution in [0.1, 0.15) is 47.9 Å². The average molecular weight is 530 g/mol. The summed E-state index contributed by atoms with van der Waals surface area (Å²) in [5.74, 6) is 2.10. The van der Waals surface area contributed by atoms with Gasteiger partial charge in [-0.1, -0.05) is 43.3 Å². The van der Waals surface area contributed by atoms with Crippen LogP contribution in [0.4, 0.5) is 0 Å². The van der Waals surface area contributed by atoms with Crippen molar-refractivity contribution in [3.63, 3.8) is 0 Å². The van der Waals surface area contributed by atoms with Gasteiger partial charge in [-0.25, -0.2) is 0 Å². The summed E-state index contributed by atoms with van der Waals surface area (Å²) in [4.78, 5) is 25.7. The van der Waals surface area contributed by atoms with E-state index in [1.807, 2.05) is 48.2 Å². The largest absolute Gasteiger partial charge is 0.492 e. The summed E-state index contributed by atoms with van der Waals surface area (Å²) in [6, 6.07) is 18.1. The average Bonchev–Trinajstić information content (AvgIpc) is 3.33. The molecule has 0 spiro atoms. The maximum absolute atomic E-state index is 12.1. The van der Waals surface area contributed by atoms with Gasteiger partial charge in [0.2, 0.25) is 5.91 Å². The second kappa shape index (κ2) is 11.4. The van der Waals surface area contributed by atoms with Crippen molar-refractivity contribution in [2.24, 2.45) is 0 Å². The van der Waals surface area contributed by atoms with Gasteiger partial charge in [0.25, 0.3) is 0 Å². The highest BCUT2D eigenvalue weighted by Crippen LogP contribution is 2.41. The fraction of sp³-hybridized carbons (Fsp3) is 0.375. The van der Waals surface area contributed by atoms with E-state index >= 15 is 0 Å². The highest BCUT2D eigenvalue weighted by atomic mass is 16.5. The first-order valence-electron chi connectivity index (χ1n) is 13.5. The summed E-state index contributed by atoms with van der Waals surface area (Å²) in [5, 5.41) is 0. The van der Waals surface area contributed by atoms with Crippen LogP contribution < -0.4 is 14.2 Å². The minimum Gasteiger partial charge on any atom is -0.492 e. The van der Waals surface area contributed by atoms with E-state index in [-0.39, 0.29) is 30.3 Å². The van der Waals surface area contributed by atoms with Crippen molar-refractivity contribution in [3.8, 4) is 28.4 Å². The minimum absolute atomic E-state index is 0.0180. The molecule has 1 saturated heterocycles. The first-order chi connectivity index (χ1) is 18.9. The number of nitrogens with zero attached hydrogens (tertiary/aromatic N) is 1. The Kier molecular flexibility index (Phi) is 7.77. The van der Waals surface area contributed by atoms with Crippen molar-refractivity contribution >= 4 is 11.9 Å². The zero-order chi connectivity index (χ0) is 27.5. The Morgan fingerprint density at radius 1 is 1.05 bits per heavy atom. The molecule has 1 fully saturated rings. The number of likely N-dealkylation sites (tertiary alicyclic amines) is 1. The lowest BCUT2D eigenvalue weighted by atomic mass is 9.94. The molecule has 3 aromatic rings. The van der Waals surface area contributed by atoms with E-state index in [0.717, 1.165) is 44.9 Å². The number of carbonyl (C=O) groups excluding carboxylic acids is 2. The van der Waals surface area contributed by atoms with Crippen molar-refractivity contribution in [2.75, 3.05) is 26.8 Å². The SMILES string of the molecule is CCC(=O)N1CC(Oc2c(-c3ccccc3)cc(C)c(C)c2COc2ccc3c(c2)OC[C@H]3CC(=O)OC)C1. The van der Waals surface area contributed by atoms with Gasteiger partial charge in [-0.3, -0.25) is 9.59 Å². The van der Waals surface area contributed by atoms with Gasteiger partial charge in [0.15, 0.2) is 0 Å². The van der Waals surface area contributed by atoms with E-state index in [9.17, 15) is 9.59 Å². The van der Waals surface area contributed by atoms with Gasteiger partial charge in [0.05, 0.1) is 33.2 Å². The minimum atomic E-state index is -0.248. The summed E-state index contributed by atoms with van der Waals surface area (Å²) in [7, 11) is 1.40. The van der Waals surface area contributed by atoms with Crippen LogP contribution in [0.3, 0.4) is 0 Å². The van der Waals surface area contributed by atoms with Gasteiger partial charge in [-0.15, -0.1) is 0 Å². The van der Waals surface area contributed by atoms with Crippen LogP contribution in [0.25, 0.3) is 11.1 Å². The highest BCUT2D eigenvalue weighted by molar-refractivity contribution is 5.77. The molecule has 2 heterocycles. The Morgan fingerprint density at radius 3 is 2.54 bits per heavy atom. The molecule has 7 heteroatoms. The quantitative estimate of drug-likeness (QED) is 0.337. The number of amides is 1. The molecule has 1 atom stereocenters. The summed E-state index contributed by atoms with van der Waals surface area (Å²) < 4.78 is 23.6. The number of fused-ring (bicyclic) bond motifs is 1. The number of rotatable bonds is 9. The Labute approximate surface area is 229 Å². The van der Waals surface area contributed by atoms with Crippen LogP contribution in [0.2, 0.25) is 0 Å². The monoisotopic (exact) mass is 529 g/mol. The second-order valence-electron chi connectivity index (χ2n) is 10.2. The number of methoxy groups -OCH3 is 1. The maximum atomic E-state index is 12.1. The molecule has 0 unspecified atom stereocenters. The Bertz CT molecular complexity index is 1360. The van der Waals surface area contributed by atoms with Crippen molar-refractivity contribution < 1.29 is 28.5 Å². The molecule has 0 aliphatic carbocycles. The summed E-state index contributed by atoms with van der Waals surface area (Å²) >= 11 is 0. The number of aryl methyl sites for hydroxylation is 1. The van der Waals surface area contributed by atoms with Gasteiger partial charge in [0.1, 0.15) is 30.0 Å². The molecule has 1 amide bonds. The van der Waals surface area contributed by atoms with Gasteiger partial charge in [0, 0.05) is 35.1 Å². The van der Waals surface area contributed by atoms with Gasteiger partial charge >= 0.3 is 5.97 Å². The predicted molar refractivity (Wildman–Crippen MR) is 148 cm³/mol. The van der Waals surface area contributed by atoms with E-state index in [2.05, 4.69) is 32.0 Å². The lowest BCUT2D eigenvalue weighted by molar-refractivity contribution is -0.141. The first-order valence-corrected chi connectivity index (χ1v) is 13.5. The maximum Gasteiger partial charge on any atom is 0.306 e. The van der Waals surface area contributed by atoms with Crippen LogP contribution in [-0.4, -0.2) is 49.7 Å². The smallest absolute Gasteiger partial charge is 0.306 e. The predicted octanol–water partition coefficient (Wildman–Crippen LogP) is 5.59. The molecule has 0 N–H and O–H groups in total. The molecule has 0 radical (unpaired) electrons. The Hall–Kier alpha value is -4.00. The zero-order valence-electron chi connectivity index (χ0n) is 23.0. The third kappa shape index (κ3) is 5.58. The molecule has 5 rings (SSSR count). The molecular formula is C32H35NO6. The van der Waals surface area contributed by atoms with Crippen molar-refractivity contribution in [3.05, 3.63) is 76.9 Å². The number of benzene rings is 3. The summed E-state index contributed by atoms with van der Waals surface area (Å²) in [6.07, 6.45) is 0.722. The van der Waals surface area contributed by atoms with Crippen LogP contribution in [0, 0.1) is 13.8 Å². The molecule has 7 nitrogen and oxygen atoms in total. The van der Waals surface area contributed by atoms with Gasteiger partial charge < -0.3 is 23.8 Å². The van der Waals surface area contributed by atoms with E-state index in [4.69, 9.17) is 18.9 Å². The van der Waals surface area contributed by atoms with Crippen LogP contribution >= 0.6 is 0 Å². The lowest BCUT2D eigenvalue weighted by Gasteiger charge is -2.39. The number of carbonyl (C=O) groups is 2. The molecule has 0 bridgehead atoms. The fourth-order valence-electron chi connectivity index (χ4n) is 5.16. The lowest BCUT2D eigenvalue weighted by Crippen LogP contribution is -2.56. The Morgan fingerprint density at radius 2 is 1.82 bits per heavy atom. The number of hydrogen-bond acceptors (Lipinski definition) is 6.